The molecule has 0 bridgehead atoms. The molecule has 2 rings (SSSR count). The molecule has 0 fully saturated rings. The number of halogens is 1. The molecule has 0 radical (unpaired) electrons. The Morgan fingerprint density at radius 3 is 2.47 bits per heavy atom. The fourth-order valence-electron chi connectivity index (χ4n) is 1.94. The molecule has 2 aromatic rings. The van der Waals surface area contributed by atoms with E-state index >= 15 is 0 Å². The van der Waals surface area contributed by atoms with Crippen LogP contribution in [0.5, 0.6) is 0 Å². The lowest BCUT2D eigenvalue weighted by Crippen LogP contribution is -2.09. The summed E-state index contributed by atoms with van der Waals surface area (Å²) in [4.78, 5) is 4.56. The summed E-state index contributed by atoms with van der Waals surface area (Å²) in [7, 11) is 0. The van der Waals surface area contributed by atoms with Gasteiger partial charge in [-0.25, -0.2) is 4.98 Å². The number of benzene rings is 1. The first kappa shape index (κ1) is 14.6. The minimum atomic E-state index is 0.238. The van der Waals surface area contributed by atoms with Crippen molar-refractivity contribution in [2.75, 3.05) is 6.54 Å². The van der Waals surface area contributed by atoms with E-state index in [-0.39, 0.29) is 5.25 Å². The van der Waals surface area contributed by atoms with E-state index in [1.807, 2.05) is 19.1 Å². The van der Waals surface area contributed by atoms with Gasteiger partial charge in [-0.3, -0.25) is 0 Å². The van der Waals surface area contributed by atoms with Gasteiger partial charge in [0.2, 0.25) is 0 Å². The zero-order valence-electron chi connectivity index (χ0n) is 11.1. The van der Waals surface area contributed by atoms with Gasteiger partial charge < -0.3 is 5.73 Å². The Kier molecular flexibility index (Phi) is 5.02. The van der Waals surface area contributed by atoms with Crippen molar-refractivity contribution in [2.24, 2.45) is 5.73 Å². The van der Waals surface area contributed by atoms with E-state index in [1.165, 1.54) is 11.1 Å². The zero-order chi connectivity index (χ0) is 13.8. The summed E-state index contributed by atoms with van der Waals surface area (Å²) in [5, 5.41) is 1.28. The Bertz CT molecular complexity index is 534. The molecular formula is C15H17BrN2S. The van der Waals surface area contributed by atoms with Gasteiger partial charge in [-0.15, -0.1) is 0 Å². The maximum Gasteiger partial charge on any atom is 0.0972 e. The lowest BCUT2D eigenvalue weighted by molar-refractivity contribution is 0.930. The summed E-state index contributed by atoms with van der Waals surface area (Å²) in [6, 6.07) is 12.5. The summed E-state index contributed by atoms with van der Waals surface area (Å²) in [5.41, 5.74) is 9.43. The van der Waals surface area contributed by atoms with E-state index in [0.29, 0.717) is 6.54 Å². The molecule has 0 spiro atoms. The van der Waals surface area contributed by atoms with Gasteiger partial charge in [0, 0.05) is 22.0 Å². The Hall–Kier alpha value is -0.840. The van der Waals surface area contributed by atoms with Crippen LogP contribution in [0.25, 0.3) is 0 Å². The highest BCUT2D eigenvalue weighted by Gasteiger charge is 2.12. The second-order valence-corrected chi connectivity index (χ2v) is 6.66. The molecule has 1 aromatic heterocycles. The van der Waals surface area contributed by atoms with Gasteiger partial charge in [-0.2, -0.15) is 0 Å². The fourth-order valence-corrected chi connectivity index (χ4v) is 3.34. The number of nitrogens with zero attached hydrogens (tertiary/aromatic N) is 1. The molecular weight excluding hydrogens is 320 g/mol. The van der Waals surface area contributed by atoms with Crippen LogP contribution in [-0.4, -0.2) is 11.5 Å². The first-order chi connectivity index (χ1) is 9.08. The number of pyridine rings is 1. The number of rotatable bonds is 4. The third-order valence-electron chi connectivity index (χ3n) is 2.79. The zero-order valence-corrected chi connectivity index (χ0v) is 13.5. The third kappa shape index (κ3) is 4.06. The van der Waals surface area contributed by atoms with Crippen LogP contribution >= 0.6 is 27.7 Å². The van der Waals surface area contributed by atoms with Crippen LogP contribution in [0.1, 0.15) is 22.1 Å². The predicted molar refractivity (Wildman–Crippen MR) is 85.5 cm³/mol. The van der Waals surface area contributed by atoms with Crippen LogP contribution in [0.15, 0.2) is 45.9 Å². The van der Waals surface area contributed by atoms with Crippen LogP contribution < -0.4 is 5.73 Å². The topological polar surface area (TPSA) is 38.9 Å². The summed E-state index contributed by atoms with van der Waals surface area (Å²) in [6.45, 7) is 4.71. The summed E-state index contributed by atoms with van der Waals surface area (Å²) < 4.78 is 1.08. The molecule has 1 atom stereocenters. The summed E-state index contributed by atoms with van der Waals surface area (Å²) in [5.74, 6) is 0. The Labute approximate surface area is 126 Å². The monoisotopic (exact) mass is 336 g/mol. The average Bonchev–Trinajstić information content (AvgIpc) is 2.36. The molecule has 2 N–H and O–H groups in total. The van der Waals surface area contributed by atoms with E-state index in [0.717, 1.165) is 15.2 Å². The second kappa shape index (κ2) is 6.55. The highest BCUT2D eigenvalue weighted by Crippen LogP contribution is 2.34. The molecule has 0 saturated carbocycles. The first-order valence-electron chi connectivity index (χ1n) is 6.16. The number of hydrogen-bond donors (Lipinski definition) is 1. The van der Waals surface area contributed by atoms with Crippen molar-refractivity contribution in [1.82, 2.24) is 4.98 Å². The smallest absolute Gasteiger partial charge is 0.0972 e. The molecule has 4 heteroatoms. The Morgan fingerprint density at radius 2 is 1.89 bits per heavy atom. The number of nitrogens with two attached hydrogens (primary N) is 1. The van der Waals surface area contributed by atoms with Crippen molar-refractivity contribution in [3.05, 3.63) is 57.7 Å². The van der Waals surface area contributed by atoms with Gasteiger partial charge in [0.25, 0.3) is 0 Å². The summed E-state index contributed by atoms with van der Waals surface area (Å²) in [6.07, 6.45) is 0. The van der Waals surface area contributed by atoms with Crippen molar-refractivity contribution in [3.8, 4) is 0 Å². The van der Waals surface area contributed by atoms with Crippen molar-refractivity contribution in [2.45, 2.75) is 24.1 Å². The van der Waals surface area contributed by atoms with Gasteiger partial charge in [0.1, 0.15) is 0 Å². The maximum atomic E-state index is 5.91. The normalized spacial score (nSPS) is 12.4. The fraction of sp³-hybridized carbons (Fsp3) is 0.267. The van der Waals surface area contributed by atoms with E-state index < -0.39 is 0 Å². The standard InChI is InChI=1S/C15H17BrN2S/c1-10-7-11(2)18-15(8-10)19-14(9-17)12-3-5-13(16)6-4-12/h3-8,14H,9,17H2,1-2H3. The second-order valence-electron chi connectivity index (χ2n) is 4.52. The molecule has 0 aliphatic rings. The quantitative estimate of drug-likeness (QED) is 0.848. The highest BCUT2D eigenvalue weighted by molar-refractivity contribution is 9.10. The molecule has 0 aliphatic carbocycles. The first-order valence-corrected chi connectivity index (χ1v) is 7.83. The van der Waals surface area contributed by atoms with Gasteiger partial charge in [0.05, 0.1) is 5.03 Å². The molecule has 0 amide bonds. The third-order valence-corrected chi connectivity index (χ3v) is 4.52. The van der Waals surface area contributed by atoms with Crippen LogP contribution in [0, 0.1) is 13.8 Å². The molecule has 0 saturated heterocycles. The molecule has 1 heterocycles. The van der Waals surface area contributed by atoms with E-state index in [1.54, 1.807) is 11.8 Å². The molecule has 19 heavy (non-hydrogen) atoms. The molecule has 1 aromatic carbocycles. The van der Waals surface area contributed by atoms with Crippen LogP contribution in [-0.2, 0) is 0 Å². The van der Waals surface area contributed by atoms with Gasteiger partial charge >= 0.3 is 0 Å². The molecule has 1 unspecified atom stereocenters. The van der Waals surface area contributed by atoms with Crippen LogP contribution in [0.2, 0.25) is 0 Å². The van der Waals surface area contributed by atoms with E-state index in [2.05, 4.69) is 52.1 Å². The average molecular weight is 337 g/mol. The largest absolute Gasteiger partial charge is 0.329 e. The van der Waals surface area contributed by atoms with Gasteiger partial charge in [-0.05, 0) is 49.2 Å². The van der Waals surface area contributed by atoms with Gasteiger partial charge in [-0.1, -0.05) is 39.8 Å². The van der Waals surface area contributed by atoms with Crippen molar-refractivity contribution < 1.29 is 0 Å². The minimum Gasteiger partial charge on any atom is -0.329 e. The SMILES string of the molecule is Cc1cc(C)nc(SC(CN)c2ccc(Br)cc2)c1. The minimum absolute atomic E-state index is 0.238. The van der Waals surface area contributed by atoms with Crippen molar-refractivity contribution in [1.29, 1.82) is 0 Å². The number of thioether (sulfide) groups is 1. The number of hydrogen-bond acceptors (Lipinski definition) is 3. The molecule has 100 valence electrons. The maximum absolute atomic E-state index is 5.91. The lowest BCUT2D eigenvalue weighted by Gasteiger charge is -2.15. The summed E-state index contributed by atoms with van der Waals surface area (Å²) >= 11 is 5.18. The number of aryl methyl sites for hydroxylation is 2. The van der Waals surface area contributed by atoms with Crippen LogP contribution in [0.4, 0.5) is 0 Å². The lowest BCUT2D eigenvalue weighted by atomic mass is 10.1. The van der Waals surface area contributed by atoms with Crippen molar-refractivity contribution in [3.63, 3.8) is 0 Å². The van der Waals surface area contributed by atoms with Gasteiger partial charge in [0.15, 0.2) is 0 Å². The Morgan fingerprint density at radius 1 is 1.21 bits per heavy atom. The van der Waals surface area contributed by atoms with Crippen LogP contribution in [0.3, 0.4) is 0 Å². The molecule has 2 nitrogen and oxygen atoms in total. The van der Waals surface area contributed by atoms with E-state index in [4.69, 9.17) is 5.73 Å². The highest BCUT2D eigenvalue weighted by atomic mass is 79.9. The number of aromatic nitrogens is 1. The predicted octanol–water partition coefficient (Wildman–Crippen LogP) is 4.25. The Balaban J connectivity index is 2.21. The van der Waals surface area contributed by atoms with E-state index in [9.17, 15) is 0 Å². The molecule has 0 aliphatic heterocycles. The van der Waals surface area contributed by atoms with Crippen molar-refractivity contribution >= 4 is 27.7 Å².